The van der Waals surface area contributed by atoms with Gasteiger partial charge in [0.25, 0.3) is 0 Å². The molecule has 0 bridgehead atoms. The van der Waals surface area contributed by atoms with Crippen molar-refractivity contribution in [1.29, 1.82) is 5.26 Å². The van der Waals surface area contributed by atoms with Gasteiger partial charge in [-0.2, -0.15) is 5.26 Å². The summed E-state index contributed by atoms with van der Waals surface area (Å²) in [5.41, 5.74) is 0.990. The quantitative estimate of drug-likeness (QED) is 0.840. The number of nitriles is 1. The van der Waals surface area contributed by atoms with E-state index in [1.807, 2.05) is 6.07 Å². The van der Waals surface area contributed by atoms with Gasteiger partial charge in [0.15, 0.2) is 0 Å². The number of hydrogen-bond donors (Lipinski definition) is 0. The summed E-state index contributed by atoms with van der Waals surface area (Å²) in [5, 5.41) is 9.38. The van der Waals surface area contributed by atoms with Crippen LogP contribution in [0.5, 0.6) is 0 Å². The van der Waals surface area contributed by atoms with Crippen molar-refractivity contribution in [1.82, 2.24) is 9.88 Å². The molecule has 1 atom stereocenters. The lowest BCUT2D eigenvalue weighted by Gasteiger charge is -2.25. The molecular weight excluding hydrogens is 278 g/mol. The molecule has 0 radical (unpaired) electrons. The molecule has 0 aliphatic carbocycles. The van der Waals surface area contributed by atoms with Crippen LogP contribution < -0.4 is 0 Å². The molecule has 0 N–H and O–H groups in total. The molecule has 0 amide bonds. The molecule has 17 heavy (non-hydrogen) atoms. The van der Waals surface area contributed by atoms with Crippen molar-refractivity contribution in [2.24, 2.45) is 0 Å². The Hall–Kier alpha value is -0.920. The van der Waals surface area contributed by atoms with Gasteiger partial charge >= 0.3 is 0 Å². The first-order valence-corrected chi connectivity index (χ1v) is 6.84. The fourth-order valence-corrected chi connectivity index (χ4v) is 2.68. The van der Waals surface area contributed by atoms with E-state index in [2.05, 4.69) is 31.9 Å². The summed E-state index contributed by atoms with van der Waals surface area (Å²) >= 11 is 3.41. The molecule has 1 aromatic rings. The van der Waals surface area contributed by atoms with E-state index in [9.17, 15) is 5.26 Å². The standard InChI is InChI=1S/C13H16BrN3/c14-12-7-11(9-16-10-12)13(8-15)17-5-3-1-2-4-6-17/h7,9-10,13H,1-6H2. The molecule has 1 aliphatic heterocycles. The molecule has 1 aromatic heterocycles. The highest BCUT2D eigenvalue weighted by Crippen LogP contribution is 2.24. The second-order valence-corrected chi connectivity index (χ2v) is 5.33. The predicted molar refractivity (Wildman–Crippen MR) is 70.3 cm³/mol. The van der Waals surface area contributed by atoms with Crippen LogP contribution in [0.3, 0.4) is 0 Å². The Morgan fingerprint density at radius 2 is 1.94 bits per heavy atom. The minimum absolute atomic E-state index is 0.155. The van der Waals surface area contributed by atoms with E-state index >= 15 is 0 Å². The van der Waals surface area contributed by atoms with Crippen LogP contribution in [0.4, 0.5) is 0 Å². The molecular formula is C13H16BrN3. The zero-order valence-corrected chi connectivity index (χ0v) is 11.4. The molecule has 0 aromatic carbocycles. The molecule has 1 aliphatic rings. The van der Waals surface area contributed by atoms with Gasteiger partial charge in [-0.15, -0.1) is 0 Å². The zero-order chi connectivity index (χ0) is 12.1. The third kappa shape index (κ3) is 3.27. The van der Waals surface area contributed by atoms with Crippen molar-refractivity contribution in [2.75, 3.05) is 13.1 Å². The lowest BCUT2D eigenvalue weighted by atomic mass is 10.1. The molecule has 2 heterocycles. The van der Waals surface area contributed by atoms with Crippen molar-refractivity contribution in [3.63, 3.8) is 0 Å². The Bertz CT molecular complexity index is 405. The molecule has 90 valence electrons. The minimum Gasteiger partial charge on any atom is -0.284 e. The number of aromatic nitrogens is 1. The monoisotopic (exact) mass is 293 g/mol. The Kier molecular flexibility index (Phi) is 4.52. The summed E-state index contributed by atoms with van der Waals surface area (Å²) in [6.45, 7) is 2.04. The SMILES string of the molecule is N#CC(c1cncc(Br)c1)N1CCCCCC1. The van der Waals surface area contributed by atoms with Gasteiger partial charge in [-0.3, -0.25) is 9.88 Å². The smallest absolute Gasteiger partial charge is 0.125 e. The van der Waals surface area contributed by atoms with Crippen molar-refractivity contribution in [2.45, 2.75) is 31.7 Å². The molecule has 0 spiro atoms. The number of likely N-dealkylation sites (tertiary alicyclic amines) is 1. The van der Waals surface area contributed by atoms with E-state index in [-0.39, 0.29) is 6.04 Å². The van der Waals surface area contributed by atoms with E-state index < -0.39 is 0 Å². The Balaban J connectivity index is 2.18. The van der Waals surface area contributed by atoms with Gasteiger partial charge in [0.05, 0.1) is 6.07 Å². The van der Waals surface area contributed by atoms with E-state index in [0.717, 1.165) is 23.1 Å². The van der Waals surface area contributed by atoms with Gasteiger partial charge in [0.2, 0.25) is 0 Å². The van der Waals surface area contributed by atoms with Gasteiger partial charge in [0, 0.05) is 22.4 Å². The van der Waals surface area contributed by atoms with Crippen molar-refractivity contribution >= 4 is 15.9 Å². The maximum atomic E-state index is 9.38. The van der Waals surface area contributed by atoms with Gasteiger partial charge in [-0.1, -0.05) is 12.8 Å². The molecule has 1 saturated heterocycles. The third-order valence-corrected chi connectivity index (χ3v) is 3.60. The van der Waals surface area contributed by atoms with E-state index in [1.54, 1.807) is 12.4 Å². The average molecular weight is 294 g/mol. The normalized spacial score (nSPS) is 19.3. The Morgan fingerprint density at radius 1 is 1.24 bits per heavy atom. The minimum atomic E-state index is -0.155. The first-order chi connectivity index (χ1) is 8.31. The van der Waals surface area contributed by atoms with E-state index in [1.165, 1.54) is 25.7 Å². The zero-order valence-electron chi connectivity index (χ0n) is 9.77. The van der Waals surface area contributed by atoms with Crippen LogP contribution in [-0.2, 0) is 0 Å². The average Bonchev–Trinajstić information content (AvgIpc) is 2.59. The lowest BCUT2D eigenvalue weighted by molar-refractivity contribution is 0.245. The molecule has 1 unspecified atom stereocenters. The Labute approximate surface area is 111 Å². The highest BCUT2D eigenvalue weighted by molar-refractivity contribution is 9.10. The second-order valence-electron chi connectivity index (χ2n) is 4.42. The topological polar surface area (TPSA) is 39.9 Å². The second kappa shape index (κ2) is 6.13. The van der Waals surface area contributed by atoms with Crippen LogP contribution in [-0.4, -0.2) is 23.0 Å². The number of pyridine rings is 1. The van der Waals surface area contributed by atoms with E-state index in [4.69, 9.17) is 0 Å². The number of rotatable bonds is 2. The fourth-order valence-electron chi connectivity index (χ4n) is 2.30. The molecule has 0 saturated carbocycles. The molecule has 1 fully saturated rings. The van der Waals surface area contributed by atoms with E-state index in [0.29, 0.717) is 0 Å². The highest BCUT2D eigenvalue weighted by Gasteiger charge is 2.21. The maximum Gasteiger partial charge on any atom is 0.125 e. The van der Waals surface area contributed by atoms with Crippen molar-refractivity contribution in [3.05, 3.63) is 28.5 Å². The first kappa shape index (κ1) is 12.5. The maximum absolute atomic E-state index is 9.38. The largest absolute Gasteiger partial charge is 0.284 e. The first-order valence-electron chi connectivity index (χ1n) is 6.05. The van der Waals surface area contributed by atoms with Crippen molar-refractivity contribution in [3.8, 4) is 6.07 Å². The van der Waals surface area contributed by atoms with Crippen molar-refractivity contribution < 1.29 is 0 Å². The third-order valence-electron chi connectivity index (χ3n) is 3.17. The van der Waals surface area contributed by atoms with Gasteiger partial charge in [-0.25, -0.2) is 0 Å². The number of halogens is 1. The van der Waals surface area contributed by atoms with Crippen LogP contribution in [0.15, 0.2) is 22.9 Å². The molecule has 2 rings (SSSR count). The van der Waals surface area contributed by atoms with Gasteiger partial charge in [0.1, 0.15) is 6.04 Å². The van der Waals surface area contributed by atoms with Crippen LogP contribution in [0.25, 0.3) is 0 Å². The summed E-state index contributed by atoms with van der Waals surface area (Å²) in [5.74, 6) is 0. The predicted octanol–water partition coefficient (Wildman–Crippen LogP) is 3.28. The van der Waals surface area contributed by atoms with Crippen LogP contribution in [0.1, 0.15) is 37.3 Å². The fraction of sp³-hybridized carbons (Fsp3) is 0.538. The van der Waals surface area contributed by atoms with Crippen LogP contribution in [0, 0.1) is 11.3 Å². The molecule has 3 nitrogen and oxygen atoms in total. The number of nitrogens with zero attached hydrogens (tertiary/aromatic N) is 3. The van der Waals surface area contributed by atoms with Gasteiger partial charge < -0.3 is 0 Å². The molecule has 4 heteroatoms. The number of hydrogen-bond acceptors (Lipinski definition) is 3. The highest BCUT2D eigenvalue weighted by atomic mass is 79.9. The lowest BCUT2D eigenvalue weighted by Crippen LogP contribution is -2.29. The summed E-state index contributed by atoms with van der Waals surface area (Å²) in [6, 6.07) is 4.25. The summed E-state index contributed by atoms with van der Waals surface area (Å²) in [6.07, 6.45) is 8.50. The Morgan fingerprint density at radius 3 is 2.53 bits per heavy atom. The van der Waals surface area contributed by atoms with Gasteiger partial charge in [-0.05, 0) is 47.9 Å². The van der Waals surface area contributed by atoms with Crippen LogP contribution >= 0.6 is 15.9 Å². The summed E-state index contributed by atoms with van der Waals surface area (Å²) in [7, 11) is 0. The summed E-state index contributed by atoms with van der Waals surface area (Å²) < 4.78 is 0.935. The van der Waals surface area contributed by atoms with Crippen LogP contribution in [0.2, 0.25) is 0 Å². The summed E-state index contributed by atoms with van der Waals surface area (Å²) in [4.78, 5) is 6.42.